The van der Waals surface area contributed by atoms with Crippen LogP contribution in [0.2, 0.25) is 5.02 Å². The number of nitrogens with one attached hydrogen (secondary N) is 1. The van der Waals surface area contributed by atoms with Crippen molar-refractivity contribution in [2.24, 2.45) is 0 Å². The number of halogens is 1. The van der Waals surface area contributed by atoms with Crippen molar-refractivity contribution in [1.29, 1.82) is 5.26 Å². The summed E-state index contributed by atoms with van der Waals surface area (Å²) in [5.74, 6) is -0.417. The lowest BCUT2D eigenvalue weighted by molar-refractivity contribution is 0.468. The normalized spacial score (nSPS) is 10.1. The molecule has 1 aromatic heterocycles. The van der Waals surface area contributed by atoms with Gasteiger partial charge >= 0.3 is 0 Å². The molecule has 1 aromatic carbocycles. The summed E-state index contributed by atoms with van der Waals surface area (Å²) in [6.07, 6.45) is 0. The van der Waals surface area contributed by atoms with Crippen molar-refractivity contribution in [1.82, 2.24) is 4.98 Å². The van der Waals surface area contributed by atoms with Gasteiger partial charge in [-0.05, 0) is 18.2 Å². The number of fused-ring (bicyclic) bond motifs is 1. The summed E-state index contributed by atoms with van der Waals surface area (Å²) in [7, 11) is 0. The van der Waals surface area contributed by atoms with Crippen LogP contribution in [0.1, 0.15) is 5.56 Å². The zero-order valence-electron chi connectivity index (χ0n) is 7.41. The Morgan fingerprint density at radius 2 is 2.20 bits per heavy atom. The number of pyridine rings is 1. The van der Waals surface area contributed by atoms with Gasteiger partial charge in [-0.3, -0.25) is 4.79 Å². The molecule has 2 N–H and O–H groups in total. The van der Waals surface area contributed by atoms with Crippen LogP contribution < -0.4 is 5.56 Å². The highest BCUT2D eigenvalue weighted by atomic mass is 35.5. The van der Waals surface area contributed by atoms with Gasteiger partial charge in [0.05, 0.1) is 16.1 Å². The molecule has 0 aliphatic heterocycles. The first kappa shape index (κ1) is 9.56. The van der Waals surface area contributed by atoms with Gasteiger partial charge < -0.3 is 10.1 Å². The molecule has 0 unspecified atom stereocenters. The molecule has 0 atom stereocenters. The lowest BCUT2D eigenvalue weighted by Gasteiger charge is -2.02. The molecule has 1 heterocycles. The molecular weight excluding hydrogens is 216 g/mol. The van der Waals surface area contributed by atoms with E-state index >= 15 is 0 Å². The molecule has 0 saturated heterocycles. The number of nitriles is 1. The van der Waals surface area contributed by atoms with Crippen LogP contribution in [-0.2, 0) is 0 Å². The molecule has 0 spiro atoms. The Balaban J connectivity index is 2.95. The summed E-state index contributed by atoms with van der Waals surface area (Å²) < 4.78 is 0. The number of aromatic amines is 1. The predicted molar refractivity (Wildman–Crippen MR) is 56.0 cm³/mol. The topological polar surface area (TPSA) is 76.9 Å². The molecule has 5 heteroatoms. The number of hydrogen-bond donors (Lipinski definition) is 2. The third-order valence-electron chi connectivity index (χ3n) is 2.06. The van der Waals surface area contributed by atoms with Gasteiger partial charge in [0.25, 0.3) is 5.56 Å². The number of aromatic hydroxyl groups is 1. The number of hydrogen-bond acceptors (Lipinski definition) is 3. The lowest BCUT2D eigenvalue weighted by Crippen LogP contribution is -2.04. The van der Waals surface area contributed by atoms with E-state index in [1.807, 2.05) is 6.07 Å². The van der Waals surface area contributed by atoms with Crippen molar-refractivity contribution in [2.45, 2.75) is 0 Å². The number of benzene rings is 1. The van der Waals surface area contributed by atoms with Gasteiger partial charge in [0, 0.05) is 5.39 Å². The Morgan fingerprint density at radius 3 is 2.87 bits per heavy atom. The van der Waals surface area contributed by atoms with Crippen LogP contribution in [-0.4, -0.2) is 10.1 Å². The summed E-state index contributed by atoms with van der Waals surface area (Å²) in [6.45, 7) is 0. The number of rotatable bonds is 0. The zero-order valence-corrected chi connectivity index (χ0v) is 8.17. The van der Waals surface area contributed by atoms with E-state index in [9.17, 15) is 9.90 Å². The molecule has 0 aliphatic rings. The SMILES string of the molecule is N#Cc1ccc2[nH]c(=O)c(O)cc2c1Cl. The Kier molecular flexibility index (Phi) is 2.10. The van der Waals surface area contributed by atoms with Crippen molar-refractivity contribution in [3.8, 4) is 11.8 Å². The summed E-state index contributed by atoms with van der Waals surface area (Å²) >= 11 is 5.91. The van der Waals surface area contributed by atoms with Gasteiger partial charge in [-0.1, -0.05) is 11.6 Å². The van der Waals surface area contributed by atoms with Crippen molar-refractivity contribution in [3.05, 3.63) is 39.1 Å². The maximum Gasteiger partial charge on any atom is 0.290 e. The van der Waals surface area contributed by atoms with Gasteiger partial charge in [0.1, 0.15) is 6.07 Å². The molecular formula is C10H5ClN2O2. The molecule has 0 bridgehead atoms. The third kappa shape index (κ3) is 1.43. The van der Waals surface area contributed by atoms with Crippen LogP contribution in [0, 0.1) is 11.3 Å². The molecule has 0 aliphatic carbocycles. The minimum absolute atomic E-state index is 0.224. The maximum atomic E-state index is 11.1. The van der Waals surface area contributed by atoms with E-state index in [0.717, 1.165) is 0 Å². The highest BCUT2D eigenvalue weighted by Crippen LogP contribution is 2.26. The largest absolute Gasteiger partial charge is 0.503 e. The van der Waals surface area contributed by atoms with Gasteiger partial charge in [-0.15, -0.1) is 0 Å². The van der Waals surface area contributed by atoms with E-state index in [1.165, 1.54) is 12.1 Å². The molecule has 0 saturated carbocycles. The van der Waals surface area contributed by atoms with E-state index < -0.39 is 11.3 Å². The van der Waals surface area contributed by atoms with E-state index in [2.05, 4.69) is 4.98 Å². The number of aromatic nitrogens is 1. The van der Waals surface area contributed by atoms with Crippen LogP contribution in [0.5, 0.6) is 5.75 Å². The van der Waals surface area contributed by atoms with Crippen LogP contribution in [0.25, 0.3) is 10.9 Å². The van der Waals surface area contributed by atoms with Crippen molar-refractivity contribution < 1.29 is 5.11 Å². The van der Waals surface area contributed by atoms with Gasteiger partial charge in [-0.2, -0.15) is 5.26 Å². The third-order valence-corrected chi connectivity index (χ3v) is 2.47. The van der Waals surface area contributed by atoms with E-state index in [4.69, 9.17) is 16.9 Å². The summed E-state index contributed by atoms with van der Waals surface area (Å²) in [6, 6.07) is 6.24. The average molecular weight is 221 g/mol. The van der Waals surface area contributed by atoms with Crippen LogP contribution in [0.3, 0.4) is 0 Å². The minimum Gasteiger partial charge on any atom is -0.503 e. The van der Waals surface area contributed by atoms with Crippen LogP contribution >= 0.6 is 11.6 Å². The fourth-order valence-electron chi connectivity index (χ4n) is 1.32. The second-order valence-corrected chi connectivity index (χ2v) is 3.36. The number of nitrogens with zero attached hydrogens (tertiary/aromatic N) is 1. The second-order valence-electron chi connectivity index (χ2n) is 2.98. The Hall–Kier alpha value is -1.99. The van der Waals surface area contributed by atoms with E-state index in [1.54, 1.807) is 6.07 Å². The fourth-order valence-corrected chi connectivity index (χ4v) is 1.58. The van der Waals surface area contributed by atoms with Crippen molar-refractivity contribution in [3.63, 3.8) is 0 Å². The second kappa shape index (κ2) is 3.30. The minimum atomic E-state index is -0.580. The Morgan fingerprint density at radius 1 is 1.47 bits per heavy atom. The van der Waals surface area contributed by atoms with Gasteiger partial charge in [0.2, 0.25) is 0 Å². The monoisotopic (exact) mass is 220 g/mol. The van der Waals surface area contributed by atoms with E-state index in [0.29, 0.717) is 16.5 Å². The standard InChI is InChI=1S/C10H5ClN2O2/c11-9-5(4-12)1-2-7-6(9)3-8(14)10(15)13-7/h1-3,14H,(H,13,15). The molecule has 4 nitrogen and oxygen atoms in total. The summed E-state index contributed by atoms with van der Waals surface area (Å²) in [4.78, 5) is 13.5. The van der Waals surface area contributed by atoms with Gasteiger partial charge in [-0.25, -0.2) is 0 Å². The first-order valence-corrected chi connectivity index (χ1v) is 4.46. The predicted octanol–water partition coefficient (Wildman–Crippen LogP) is 1.76. The average Bonchev–Trinajstić information content (AvgIpc) is 2.22. The van der Waals surface area contributed by atoms with Crippen molar-refractivity contribution >= 4 is 22.5 Å². The molecule has 2 rings (SSSR count). The summed E-state index contributed by atoms with van der Waals surface area (Å²) in [5, 5.41) is 18.6. The van der Waals surface area contributed by atoms with E-state index in [-0.39, 0.29) is 5.02 Å². The van der Waals surface area contributed by atoms with Crippen molar-refractivity contribution in [2.75, 3.05) is 0 Å². The molecule has 74 valence electrons. The smallest absolute Gasteiger partial charge is 0.290 e. The van der Waals surface area contributed by atoms with Gasteiger partial charge in [0.15, 0.2) is 5.75 Å². The highest BCUT2D eigenvalue weighted by molar-refractivity contribution is 6.36. The lowest BCUT2D eigenvalue weighted by atomic mass is 10.1. The van der Waals surface area contributed by atoms with Crippen LogP contribution in [0.4, 0.5) is 0 Å². The molecule has 0 amide bonds. The quantitative estimate of drug-likeness (QED) is 0.710. The first-order chi connectivity index (χ1) is 7.13. The van der Waals surface area contributed by atoms with Crippen LogP contribution in [0.15, 0.2) is 23.0 Å². The zero-order chi connectivity index (χ0) is 11.0. The highest BCUT2D eigenvalue weighted by Gasteiger charge is 2.07. The molecule has 15 heavy (non-hydrogen) atoms. The molecule has 2 aromatic rings. The number of H-pyrrole nitrogens is 1. The fraction of sp³-hybridized carbons (Fsp3) is 0. The first-order valence-electron chi connectivity index (χ1n) is 4.08. The Bertz CT molecular complexity index is 640. The Labute approximate surface area is 89.3 Å². The summed E-state index contributed by atoms with van der Waals surface area (Å²) in [5.41, 5.74) is 0.209. The molecule has 0 fully saturated rings. The maximum absolute atomic E-state index is 11.1. The molecule has 0 radical (unpaired) electrons.